The Bertz CT molecular complexity index is 953. The van der Waals surface area contributed by atoms with E-state index in [4.69, 9.17) is 4.20 Å². The zero-order valence-corrected chi connectivity index (χ0v) is 15.6. The fourth-order valence-electron chi connectivity index (χ4n) is 2.91. The highest BCUT2D eigenvalue weighted by atomic mass is 31.1. The maximum atomic E-state index is 12.5. The highest BCUT2D eigenvalue weighted by Crippen LogP contribution is 2.42. The first kappa shape index (κ1) is 16.2. The molecule has 1 unspecified atom stereocenters. The van der Waals surface area contributed by atoms with Gasteiger partial charge in [-0.05, 0) is 39.2 Å². The molecule has 3 heteroatoms. The fraction of sp³-hybridized carbons (Fsp3) is 0.400. The minimum atomic E-state index is -1.85. The number of rotatable bonds is 0. The molecule has 2 nitrogen and oxygen atoms in total. The molecule has 0 radical (unpaired) electrons. The van der Waals surface area contributed by atoms with Gasteiger partial charge in [-0.3, -0.25) is 0 Å². The highest BCUT2D eigenvalue weighted by molar-refractivity contribution is 7.37. The zero-order chi connectivity index (χ0) is 17.0. The zero-order valence-electron chi connectivity index (χ0n) is 14.7. The van der Waals surface area contributed by atoms with E-state index in [0.717, 1.165) is 27.0 Å². The second-order valence-corrected chi connectivity index (χ2v) is 9.44. The Balaban J connectivity index is 2.58. The maximum Gasteiger partial charge on any atom is 0.597 e. The average Bonchev–Trinajstić information content (AvgIpc) is 2.44. The van der Waals surface area contributed by atoms with Crippen LogP contribution in [0.25, 0.3) is 21.5 Å². The van der Waals surface area contributed by atoms with E-state index in [1.165, 1.54) is 5.56 Å². The van der Waals surface area contributed by atoms with Gasteiger partial charge >= 0.3 is 7.65 Å². The minimum Gasteiger partial charge on any atom is -0.249 e. The van der Waals surface area contributed by atoms with Crippen molar-refractivity contribution in [3.05, 3.63) is 47.5 Å². The molecule has 0 spiro atoms. The van der Waals surface area contributed by atoms with Crippen LogP contribution in [-0.4, -0.2) is 0 Å². The van der Waals surface area contributed by atoms with Crippen LogP contribution in [-0.2, 0) is 15.4 Å². The lowest BCUT2D eigenvalue weighted by Gasteiger charge is -2.25. The number of hydrogen-bond acceptors (Lipinski definition) is 2. The smallest absolute Gasteiger partial charge is 0.249 e. The van der Waals surface area contributed by atoms with Crippen LogP contribution in [0.4, 0.5) is 0 Å². The molecule has 0 saturated heterocycles. The molecule has 0 N–H and O–H groups in total. The van der Waals surface area contributed by atoms with Crippen LogP contribution < -0.4 is 0 Å². The number of benzene rings is 2. The largest absolute Gasteiger partial charge is 0.597 e. The second kappa shape index (κ2) is 5.18. The Hall–Kier alpha value is -1.66. The van der Waals surface area contributed by atoms with Gasteiger partial charge in [-0.2, -0.15) is 0 Å². The van der Waals surface area contributed by atoms with Crippen molar-refractivity contribution in [3.8, 4) is 0 Å². The lowest BCUT2D eigenvalue weighted by atomic mass is 9.79. The van der Waals surface area contributed by atoms with Crippen LogP contribution in [0.15, 0.2) is 40.6 Å². The van der Waals surface area contributed by atoms with Gasteiger partial charge < -0.3 is 0 Å². The van der Waals surface area contributed by atoms with E-state index in [-0.39, 0.29) is 10.8 Å². The molecule has 23 heavy (non-hydrogen) atoms. The van der Waals surface area contributed by atoms with E-state index in [9.17, 15) is 4.57 Å². The Morgan fingerprint density at radius 3 is 2.13 bits per heavy atom. The van der Waals surface area contributed by atoms with Gasteiger partial charge in [-0.25, -0.2) is 4.20 Å². The van der Waals surface area contributed by atoms with E-state index < -0.39 is 7.65 Å². The van der Waals surface area contributed by atoms with Crippen LogP contribution in [0, 0.1) is 0 Å². The summed E-state index contributed by atoms with van der Waals surface area (Å²) in [6.07, 6.45) is 0. The molecule has 0 aliphatic carbocycles. The summed E-state index contributed by atoms with van der Waals surface area (Å²) in [4.78, 5) is 0. The normalized spacial score (nSPS) is 13.7. The van der Waals surface area contributed by atoms with Gasteiger partial charge in [-0.15, -0.1) is 0 Å². The quantitative estimate of drug-likeness (QED) is 0.419. The molecule has 0 bridgehead atoms. The predicted molar refractivity (Wildman–Crippen MR) is 98.7 cm³/mol. The maximum absolute atomic E-state index is 12.5. The van der Waals surface area contributed by atoms with Crippen molar-refractivity contribution < 1.29 is 8.76 Å². The Morgan fingerprint density at radius 2 is 1.52 bits per heavy atom. The molecular formula is C20H24O2P+. The summed E-state index contributed by atoms with van der Waals surface area (Å²) >= 11 is 0. The third-order valence-corrected chi connectivity index (χ3v) is 5.46. The van der Waals surface area contributed by atoms with E-state index in [1.807, 2.05) is 24.3 Å². The highest BCUT2D eigenvalue weighted by Gasteiger charge is 2.27. The number of fused-ring (bicyclic) bond motifs is 3. The van der Waals surface area contributed by atoms with Gasteiger partial charge in [-0.1, -0.05) is 59.7 Å². The summed E-state index contributed by atoms with van der Waals surface area (Å²) in [6.45, 7) is 13.2. The van der Waals surface area contributed by atoms with Gasteiger partial charge in [0, 0.05) is 16.3 Å². The van der Waals surface area contributed by atoms with E-state index in [1.54, 1.807) is 0 Å². The van der Waals surface area contributed by atoms with Gasteiger partial charge in [0.25, 0.3) is 0 Å². The molecule has 0 saturated carbocycles. The summed E-state index contributed by atoms with van der Waals surface area (Å²) in [5.41, 5.74) is 3.15. The molecule has 1 heterocycles. The minimum absolute atomic E-state index is 0.0453. The van der Waals surface area contributed by atoms with Gasteiger partial charge in [0.15, 0.2) is 5.58 Å². The molecular weight excluding hydrogens is 303 g/mol. The third-order valence-electron chi connectivity index (χ3n) is 4.33. The summed E-state index contributed by atoms with van der Waals surface area (Å²) in [5.74, 6) is 0. The molecule has 1 atom stereocenters. The first-order valence-electron chi connectivity index (χ1n) is 8.02. The molecule has 0 aliphatic heterocycles. The van der Waals surface area contributed by atoms with Gasteiger partial charge in [0.1, 0.15) is 0 Å². The second-order valence-electron chi connectivity index (χ2n) is 8.27. The summed E-state index contributed by atoms with van der Waals surface area (Å²) in [5, 5.41) is 2.89. The van der Waals surface area contributed by atoms with Crippen molar-refractivity contribution in [2.75, 3.05) is 0 Å². The van der Waals surface area contributed by atoms with Crippen LogP contribution in [0.2, 0.25) is 0 Å². The molecule has 0 fully saturated rings. The fourth-order valence-corrected chi connectivity index (χ4v) is 3.97. The van der Waals surface area contributed by atoms with Crippen molar-refractivity contribution in [1.82, 2.24) is 0 Å². The molecule has 0 amide bonds. The molecule has 2 aromatic carbocycles. The van der Waals surface area contributed by atoms with Gasteiger partial charge in [0.05, 0.1) is 0 Å². The van der Waals surface area contributed by atoms with Gasteiger partial charge in [0.2, 0.25) is 5.12 Å². The van der Waals surface area contributed by atoms with E-state index in [0.29, 0.717) is 0 Å². The lowest BCUT2D eigenvalue weighted by molar-refractivity contribution is 0.547. The predicted octanol–water partition coefficient (Wildman–Crippen LogP) is 6.92. The summed E-state index contributed by atoms with van der Waals surface area (Å²) in [6, 6.07) is 12.3. The Morgan fingerprint density at radius 1 is 0.870 bits per heavy atom. The first-order chi connectivity index (χ1) is 10.6. The summed E-state index contributed by atoms with van der Waals surface area (Å²) < 4.78 is 18.4. The SMILES string of the molecule is CC(C)(C)c1cc(C(C)(C)C)c2o[p+](=O)c3ccccc3c2c1. The monoisotopic (exact) mass is 327 g/mol. The van der Waals surface area contributed by atoms with Crippen LogP contribution in [0.1, 0.15) is 52.7 Å². The number of hydrogen-bond donors (Lipinski definition) is 0. The van der Waals surface area contributed by atoms with Crippen LogP contribution in [0.5, 0.6) is 0 Å². The van der Waals surface area contributed by atoms with Crippen molar-refractivity contribution in [2.45, 2.75) is 52.4 Å². The van der Waals surface area contributed by atoms with Crippen molar-refractivity contribution in [2.24, 2.45) is 0 Å². The Labute approximate surface area is 138 Å². The topological polar surface area (TPSA) is 30.2 Å². The average molecular weight is 327 g/mol. The van der Waals surface area contributed by atoms with E-state index in [2.05, 4.69) is 53.7 Å². The van der Waals surface area contributed by atoms with Crippen molar-refractivity contribution in [1.29, 1.82) is 0 Å². The first-order valence-corrected chi connectivity index (χ1v) is 9.20. The van der Waals surface area contributed by atoms with E-state index >= 15 is 0 Å². The van der Waals surface area contributed by atoms with Crippen molar-refractivity contribution >= 4 is 29.1 Å². The molecule has 3 aromatic rings. The van der Waals surface area contributed by atoms with Crippen molar-refractivity contribution in [3.63, 3.8) is 0 Å². The Kier molecular flexibility index (Phi) is 3.65. The lowest BCUT2D eigenvalue weighted by Crippen LogP contribution is -2.16. The molecule has 120 valence electrons. The summed E-state index contributed by atoms with van der Waals surface area (Å²) in [7, 11) is -1.85. The standard InChI is InChI=1S/C20H24O2P/c1-19(2,3)13-11-15-14-9-7-8-10-17(14)23(21)22-18(15)16(12-13)20(4,5)6/h7-12H,1-6H3/q+1. The molecule has 1 aromatic heterocycles. The molecule has 3 rings (SSSR count). The molecule has 0 aliphatic rings. The van der Waals surface area contributed by atoms with Crippen LogP contribution in [0.3, 0.4) is 0 Å². The van der Waals surface area contributed by atoms with Crippen LogP contribution >= 0.6 is 7.65 Å². The third kappa shape index (κ3) is 2.81.